The summed E-state index contributed by atoms with van der Waals surface area (Å²) in [6, 6.07) is 10.8. The molecule has 0 N–H and O–H groups in total. The number of carbonyl (C=O) groups is 2. The standard InChI is InChI=1S/C17H19BrN2O4/c1-19-9-3-4-15(19)17(22)24-12-16(21)20(2)10-11-23-14-7-5-13(18)6-8-14/h3-9H,10-12H2,1-2H3. The van der Waals surface area contributed by atoms with Gasteiger partial charge in [0.2, 0.25) is 0 Å². The molecule has 0 atom stereocenters. The van der Waals surface area contributed by atoms with Gasteiger partial charge in [-0.1, -0.05) is 15.9 Å². The van der Waals surface area contributed by atoms with Gasteiger partial charge in [-0.25, -0.2) is 4.79 Å². The average molecular weight is 395 g/mol. The van der Waals surface area contributed by atoms with Gasteiger partial charge >= 0.3 is 5.97 Å². The molecule has 2 aromatic rings. The number of ether oxygens (including phenoxy) is 2. The number of hydrogen-bond acceptors (Lipinski definition) is 4. The van der Waals surface area contributed by atoms with E-state index < -0.39 is 5.97 Å². The van der Waals surface area contributed by atoms with Gasteiger partial charge in [0.1, 0.15) is 18.1 Å². The number of carbonyl (C=O) groups excluding carboxylic acids is 2. The van der Waals surface area contributed by atoms with Crippen LogP contribution in [0, 0.1) is 0 Å². The molecule has 1 heterocycles. The van der Waals surface area contributed by atoms with E-state index in [1.54, 1.807) is 37.0 Å². The van der Waals surface area contributed by atoms with Crippen LogP contribution in [0.25, 0.3) is 0 Å². The summed E-state index contributed by atoms with van der Waals surface area (Å²) in [5.41, 5.74) is 0.407. The predicted octanol–water partition coefficient (Wildman–Crippen LogP) is 2.48. The second-order valence-corrected chi connectivity index (χ2v) is 6.11. The van der Waals surface area contributed by atoms with E-state index in [2.05, 4.69) is 15.9 Å². The minimum Gasteiger partial charge on any atom is -0.492 e. The van der Waals surface area contributed by atoms with E-state index in [0.29, 0.717) is 18.8 Å². The number of nitrogens with zero attached hydrogens (tertiary/aromatic N) is 2. The molecular weight excluding hydrogens is 376 g/mol. The smallest absolute Gasteiger partial charge is 0.355 e. The van der Waals surface area contributed by atoms with Crippen molar-refractivity contribution in [3.05, 3.63) is 52.8 Å². The van der Waals surface area contributed by atoms with Crippen LogP contribution in [-0.4, -0.2) is 48.1 Å². The first kappa shape index (κ1) is 18.1. The van der Waals surface area contributed by atoms with Crippen molar-refractivity contribution in [1.82, 2.24) is 9.47 Å². The number of hydrogen-bond donors (Lipinski definition) is 0. The molecule has 0 unspecified atom stereocenters. The van der Waals surface area contributed by atoms with Crippen molar-refractivity contribution in [2.75, 3.05) is 26.8 Å². The Morgan fingerprint density at radius 2 is 1.92 bits per heavy atom. The second kappa shape index (κ2) is 8.54. The van der Waals surface area contributed by atoms with E-state index in [4.69, 9.17) is 9.47 Å². The van der Waals surface area contributed by atoms with Crippen LogP contribution in [0.15, 0.2) is 47.1 Å². The van der Waals surface area contributed by atoms with Crippen molar-refractivity contribution >= 4 is 27.8 Å². The normalized spacial score (nSPS) is 10.3. The van der Waals surface area contributed by atoms with Gasteiger partial charge < -0.3 is 18.9 Å². The van der Waals surface area contributed by atoms with Gasteiger partial charge in [0.05, 0.1) is 6.54 Å². The number of halogens is 1. The molecule has 1 amide bonds. The number of likely N-dealkylation sites (N-methyl/N-ethyl adjacent to an activating group) is 1. The molecule has 0 radical (unpaired) electrons. The first-order chi connectivity index (χ1) is 11.5. The molecule has 6 nitrogen and oxygen atoms in total. The number of amides is 1. The zero-order chi connectivity index (χ0) is 17.5. The van der Waals surface area contributed by atoms with E-state index in [9.17, 15) is 9.59 Å². The molecule has 0 spiro atoms. The summed E-state index contributed by atoms with van der Waals surface area (Å²) in [5.74, 6) is -0.0680. The summed E-state index contributed by atoms with van der Waals surface area (Å²) in [5, 5.41) is 0. The Morgan fingerprint density at radius 3 is 2.54 bits per heavy atom. The molecule has 0 aliphatic rings. The van der Waals surface area contributed by atoms with Crippen molar-refractivity contribution in [3.63, 3.8) is 0 Å². The van der Waals surface area contributed by atoms with Crippen LogP contribution in [0.1, 0.15) is 10.5 Å². The molecular formula is C17H19BrN2O4. The average Bonchev–Trinajstić information content (AvgIpc) is 3.00. The lowest BCUT2D eigenvalue weighted by Gasteiger charge is -2.17. The molecule has 24 heavy (non-hydrogen) atoms. The molecule has 2 rings (SSSR count). The Kier molecular flexibility index (Phi) is 6.43. The number of rotatable bonds is 7. The van der Waals surface area contributed by atoms with Crippen LogP contribution >= 0.6 is 15.9 Å². The fraction of sp³-hybridized carbons (Fsp3) is 0.294. The summed E-state index contributed by atoms with van der Waals surface area (Å²) >= 11 is 3.35. The Labute approximate surface area is 149 Å². The van der Waals surface area contributed by atoms with E-state index in [1.165, 1.54) is 4.90 Å². The van der Waals surface area contributed by atoms with Crippen LogP contribution in [-0.2, 0) is 16.6 Å². The first-order valence-corrected chi connectivity index (χ1v) is 8.17. The molecule has 0 bridgehead atoms. The van der Waals surface area contributed by atoms with Crippen LogP contribution in [0.2, 0.25) is 0 Å². The van der Waals surface area contributed by atoms with Crippen LogP contribution < -0.4 is 4.74 Å². The topological polar surface area (TPSA) is 60.8 Å². The van der Waals surface area contributed by atoms with E-state index in [1.807, 2.05) is 24.3 Å². The zero-order valence-electron chi connectivity index (χ0n) is 13.6. The minimum atomic E-state index is -0.518. The number of benzene rings is 1. The molecule has 0 aliphatic carbocycles. The third-order valence-corrected chi connectivity index (χ3v) is 3.94. The monoisotopic (exact) mass is 394 g/mol. The summed E-state index contributed by atoms with van der Waals surface area (Å²) in [4.78, 5) is 25.3. The van der Waals surface area contributed by atoms with Crippen molar-refractivity contribution < 1.29 is 19.1 Å². The highest BCUT2D eigenvalue weighted by molar-refractivity contribution is 9.10. The molecule has 1 aromatic heterocycles. The van der Waals surface area contributed by atoms with E-state index in [-0.39, 0.29) is 12.5 Å². The summed E-state index contributed by atoms with van der Waals surface area (Å²) < 4.78 is 13.2. The highest BCUT2D eigenvalue weighted by Crippen LogP contribution is 2.15. The Balaban J connectivity index is 1.71. The maximum absolute atomic E-state index is 12.0. The molecule has 0 aliphatic heterocycles. The van der Waals surface area contributed by atoms with Gasteiger partial charge in [-0.2, -0.15) is 0 Å². The van der Waals surface area contributed by atoms with Crippen molar-refractivity contribution in [1.29, 1.82) is 0 Å². The SMILES string of the molecule is CN(CCOc1ccc(Br)cc1)C(=O)COC(=O)c1cccn1C. The van der Waals surface area contributed by atoms with Crippen LogP contribution in [0.4, 0.5) is 0 Å². The fourth-order valence-electron chi connectivity index (χ4n) is 1.94. The van der Waals surface area contributed by atoms with Crippen molar-refractivity contribution in [2.45, 2.75) is 0 Å². The van der Waals surface area contributed by atoms with Gasteiger partial charge in [0, 0.05) is 24.8 Å². The maximum atomic E-state index is 12.0. The van der Waals surface area contributed by atoms with Gasteiger partial charge in [0.25, 0.3) is 5.91 Å². The van der Waals surface area contributed by atoms with E-state index in [0.717, 1.165) is 10.2 Å². The van der Waals surface area contributed by atoms with Crippen LogP contribution in [0.5, 0.6) is 5.75 Å². The largest absolute Gasteiger partial charge is 0.492 e. The lowest BCUT2D eigenvalue weighted by Crippen LogP contribution is -2.34. The van der Waals surface area contributed by atoms with E-state index >= 15 is 0 Å². The van der Waals surface area contributed by atoms with Gasteiger partial charge in [-0.05, 0) is 36.4 Å². The van der Waals surface area contributed by atoms with Crippen LogP contribution in [0.3, 0.4) is 0 Å². The highest BCUT2D eigenvalue weighted by Gasteiger charge is 2.15. The molecule has 7 heteroatoms. The number of aryl methyl sites for hydroxylation is 1. The lowest BCUT2D eigenvalue weighted by atomic mass is 10.3. The lowest BCUT2D eigenvalue weighted by molar-refractivity contribution is -0.133. The third-order valence-electron chi connectivity index (χ3n) is 3.41. The number of esters is 1. The summed E-state index contributed by atoms with van der Waals surface area (Å²) in [7, 11) is 3.38. The molecule has 1 aromatic carbocycles. The molecule has 0 fully saturated rings. The number of aromatic nitrogens is 1. The Hall–Kier alpha value is -2.28. The third kappa shape index (κ3) is 5.13. The summed E-state index contributed by atoms with van der Waals surface area (Å²) in [6.07, 6.45) is 1.74. The maximum Gasteiger partial charge on any atom is 0.355 e. The van der Waals surface area contributed by atoms with Gasteiger partial charge in [-0.15, -0.1) is 0 Å². The summed E-state index contributed by atoms with van der Waals surface area (Å²) in [6.45, 7) is 0.463. The highest BCUT2D eigenvalue weighted by atomic mass is 79.9. The predicted molar refractivity (Wildman–Crippen MR) is 93.0 cm³/mol. The fourth-order valence-corrected chi connectivity index (χ4v) is 2.20. The molecule has 0 saturated carbocycles. The van der Waals surface area contributed by atoms with Crippen molar-refractivity contribution in [3.8, 4) is 5.75 Å². The van der Waals surface area contributed by atoms with Crippen molar-refractivity contribution in [2.24, 2.45) is 7.05 Å². The van der Waals surface area contributed by atoms with Gasteiger partial charge in [-0.3, -0.25) is 4.79 Å². The molecule has 128 valence electrons. The Bertz CT molecular complexity index is 697. The minimum absolute atomic E-state index is 0.281. The second-order valence-electron chi connectivity index (χ2n) is 5.20. The Morgan fingerprint density at radius 1 is 1.21 bits per heavy atom. The molecule has 0 saturated heterocycles. The first-order valence-electron chi connectivity index (χ1n) is 7.38. The zero-order valence-corrected chi connectivity index (χ0v) is 15.2. The quantitative estimate of drug-likeness (QED) is 0.676. The van der Waals surface area contributed by atoms with Gasteiger partial charge in [0.15, 0.2) is 6.61 Å².